The lowest BCUT2D eigenvalue weighted by molar-refractivity contribution is -0.123. The second kappa shape index (κ2) is 11.8. The van der Waals surface area contributed by atoms with E-state index in [0.29, 0.717) is 12.3 Å². The maximum atomic E-state index is 13.0. The number of nitrogens with zero attached hydrogens (tertiary/aromatic N) is 1. The van der Waals surface area contributed by atoms with E-state index in [-0.39, 0.29) is 24.3 Å². The van der Waals surface area contributed by atoms with Crippen molar-refractivity contribution in [3.05, 3.63) is 35.6 Å². The van der Waals surface area contributed by atoms with Crippen LogP contribution in [0.25, 0.3) is 0 Å². The van der Waals surface area contributed by atoms with Gasteiger partial charge in [-0.25, -0.2) is 9.18 Å². The Kier molecular flexibility index (Phi) is 9.38. The largest absolute Gasteiger partial charge is 0.351 e. The molecule has 29 heavy (non-hydrogen) atoms. The fourth-order valence-corrected chi connectivity index (χ4v) is 3.78. The third kappa shape index (κ3) is 8.40. The first kappa shape index (κ1) is 23.1. The van der Waals surface area contributed by atoms with Crippen LogP contribution in [0.15, 0.2) is 24.3 Å². The topological polar surface area (TPSA) is 73.5 Å². The van der Waals surface area contributed by atoms with Gasteiger partial charge in [0.1, 0.15) is 11.9 Å². The first-order chi connectivity index (χ1) is 13.9. The molecule has 2 rings (SSSR count). The van der Waals surface area contributed by atoms with Crippen LogP contribution in [-0.4, -0.2) is 48.6 Å². The van der Waals surface area contributed by atoms with Crippen LogP contribution in [0.5, 0.6) is 0 Å². The summed E-state index contributed by atoms with van der Waals surface area (Å²) in [6, 6.07) is 5.00. The maximum Gasteiger partial charge on any atom is 0.315 e. The van der Waals surface area contributed by atoms with Gasteiger partial charge in [0, 0.05) is 25.7 Å². The summed E-state index contributed by atoms with van der Waals surface area (Å²) in [5, 5.41) is 8.54. The van der Waals surface area contributed by atoms with Crippen molar-refractivity contribution in [1.82, 2.24) is 20.9 Å². The first-order valence-corrected chi connectivity index (χ1v) is 10.7. The third-order valence-corrected chi connectivity index (χ3v) is 5.23. The average Bonchev–Trinajstić information content (AvgIpc) is 2.67. The number of urea groups is 1. The van der Waals surface area contributed by atoms with Crippen molar-refractivity contribution < 1.29 is 14.0 Å². The van der Waals surface area contributed by atoms with Gasteiger partial charge in [0.05, 0.1) is 0 Å². The number of hydrogen-bond acceptors (Lipinski definition) is 3. The van der Waals surface area contributed by atoms with E-state index in [1.54, 1.807) is 12.1 Å². The quantitative estimate of drug-likeness (QED) is 0.590. The Morgan fingerprint density at radius 1 is 1.24 bits per heavy atom. The van der Waals surface area contributed by atoms with E-state index in [2.05, 4.69) is 27.8 Å². The molecule has 3 amide bonds. The van der Waals surface area contributed by atoms with Crippen LogP contribution in [0.1, 0.15) is 52.0 Å². The van der Waals surface area contributed by atoms with E-state index in [1.165, 1.54) is 25.0 Å². The lowest BCUT2D eigenvalue weighted by atomic mass is 10.00. The van der Waals surface area contributed by atoms with Crippen molar-refractivity contribution in [2.24, 2.45) is 5.92 Å². The highest BCUT2D eigenvalue weighted by Crippen LogP contribution is 2.15. The highest BCUT2D eigenvalue weighted by molar-refractivity contribution is 5.87. The zero-order valence-corrected chi connectivity index (χ0v) is 17.8. The molecule has 0 radical (unpaired) electrons. The summed E-state index contributed by atoms with van der Waals surface area (Å²) >= 11 is 0. The van der Waals surface area contributed by atoms with Crippen molar-refractivity contribution in [2.75, 3.05) is 19.6 Å². The molecule has 1 aromatic carbocycles. The molecule has 0 aromatic heterocycles. The fourth-order valence-electron chi connectivity index (χ4n) is 3.78. The van der Waals surface area contributed by atoms with E-state index < -0.39 is 12.1 Å². The Hall–Kier alpha value is -2.15. The molecule has 1 aliphatic heterocycles. The number of piperidine rings is 1. The summed E-state index contributed by atoms with van der Waals surface area (Å²) in [7, 11) is 0. The molecule has 0 unspecified atom stereocenters. The Labute approximate surface area is 173 Å². The molecule has 3 atom stereocenters. The van der Waals surface area contributed by atoms with Gasteiger partial charge in [-0.1, -0.05) is 32.4 Å². The van der Waals surface area contributed by atoms with Crippen molar-refractivity contribution in [3.8, 4) is 0 Å². The minimum absolute atomic E-state index is 0.0243. The van der Waals surface area contributed by atoms with Crippen LogP contribution in [0.2, 0.25) is 0 Å². The number of halogens is 1. The van der Waals surface area contributed by atoms with Crippen molar-refractivity contribution in [3.63, 3.8) is 0 Å². The van der Waals surface area contributed by atoms with Crippen LogP contribution < -0.4 is 16.0 Å². The van der Waals surface area contributed by atoms with Gasteiger partial charge in [0.15, 0.2) is 0 Å². The number of amides is 3. The van der Waals surface area contributed by atoms with Gasteiger partial charge in [0.2, 0.25) is 5.91 Å². The zero-order valence-electron chi connectivity index (χ0n) is 17.8. The first-order valence-electron chi connectivity index (χ1n) is 10.7. The Bertz CT molecular complexity index is 653. The Morgan fingerprint density at radius 3 is 2.62 bits per heavy atom. The Morgan fingerprint density at radius 2 is 1.97 bits per heavy atom. The summed E-state index contributed by atoms with van der Waals surface area (Å²) in [5.41, 5.74) is 0.794. The summed E-state index contributed by atoms with van der Waals surface area (Å²) in [6.45, 7) is 9.50. The number of carbonyl (C=O) groups excluding carboxylic acids is 2. The van der Waals surface area contributed by atoms with Gasteiger partial charge in [-0.05, 0) is 56.3 Å². The van der Waals surface area contributed by atoms with E-state index >= 15 is 0 Å². The molecular weight excluding hydrogens is 371 g/mol. The molecule has 1 aromatic rings. The van der Waals surface area contributed by atoms with Crippen LogP contribution in [-0.2, 0) is 11.3 Å². The van der Waals surface area contributed by atoms with Gasteiger partial charge in [0.25, 0.3) is 0 Å². The molecule has 6 nitrogen and oxygen atoms in total. The Balaban J connectivity index is 1.79. The molecule has 0 bridgehead atoms. The predicted octanol–water partition coefficient (Wildman–Crippen LogP) is 3.03. The molecule has 3 N–H and O–H groups in total. The number of hydrogen-bond donors (Lipinski definition) is 3. The minimum Gasteiger partial charge on any atom is -0.351 e. The second-order valence-corrected chi connectivity index (χ2v) is 8.21. The standard InChI is InChI=1S/C22H35FN4O2/c1-4-6-20(26-22(29)24-13-18-8-10-19(23)11-9-18)21(28)25-17(3)15-27-12-5-7-16(2)14-27/h8-11,16-17,20H,4-7,12-15H2,1-3H3,(H,25,28)(H2,24,26,29)/t16-,17+,20-/m0/s1. The number of likely N-dealkylation sites (tertiary alicyclic amines) is 1. The number of carbonyl (C=O) groups is 2. The van der Waals surface area contributed by atoms with Crippen LogP contribution >= 0.6 is 0 Å². The average molecular weight is 407 g/mol. The SMILES string of the molecule is CCC[C@H](NC(=O)NCc1ccc(F)cc1)C(=O)N[C@H](C)CN1CCC[C@H](C)C1. The molecule has 1 heterocycles. The highest BCUT2D eigenvalue weighted by atomic mass is 19.1. The lowest BCUT2D eigenvalue weighted by Gasteiger charge is -2.33. The molecular formula is C22H35FN4O2. The molecule has 1 saturated heterocycles. The van der Waals surface area contributed by atoms with E-state index in [4.69, 9.17) is 0 Å². The van der Waals surface area contributed by atoms with Crippen LogP contribution in [0.4, 0.5) is 9.18 Å². The number of nitrogens with one attached hydrogen (secondary N) is 3. The normalized spacial score (nSPS) is 19.2. The molecule has 7 heteroatoms. The molecule has 1 fully saturated rings. The minimum atomic E-state index is -0.573. The van der Waals surface area contributed by atoms with Gasteiger partial charge in [-0.3, -0.25) is 4.79 Å². The van der Waals surface area contributed by atoms with Crippen molar-refractivity contribution in [1.29, 1.82) is 0 Å². The summed E-state index contributed by atoms with van der Waals surface area (Å²) in [5.74, 6) is 0.235. The third-order valence-electron chi connectivity index (χ3n) is 5.23. The van der Waals surface area contributed by atoms with Gasteiger partial charge >= 0.3 is 6.03 Å². The van der Waals surface area contributed by atoms with Gasteiger partial charge < -0.3 is 20.9 Å². The van der Waals surface area contributed by atoms with E-state index in [0.717, 1.165) is 31.6 Å². The lowest BCUT2D eigenvalue weighted by Crippen LogP contribution is -2.53. The summed E-state index contributed by atoms with van der Waals surface area (Å²) < 4.78 is 13.0. The van der Waals surface area contributed by atoms with E-state index in [1.807, 2.05) is 13.8 Å². The smallest absolute Gasteiger partial charge is 0.315 e. The van der Waals surface area contributed by atoms with Crippen LogP contribution in [0.3, 0.4) is 0 Å². The molecule has 0 aliphatic carbocycles. The maximum absolute atomic E-state index is 13.0. The molecule has 0 spiro atoms. The highest BCUT2D eigenvalue weighted by Gasteiger charge is 2.23. The number of benzene rings is 1. The monoisotopic (exact) mass is 406 g/mol. The summed E-state index contributed by atoms with van der Waals surface area (Å²) in [4.78, 5) is 27.3. The van der Waals surface area contributed by atoms with Crippen molar-refractivity contribution >= 4 is 11.9 Å². The second-order valence-electron chi connectivity index (χ2n) is 8.21. The zero-order chi connectivity index (χ0) is 21.2. The van der Waals surface area contributed by atoms with E-state index in [9.17, 15) is 14.0 Å². The molecule has 162 valence electrons. The van der Waals surface area contributed by atoms with Crippen molar-refractivity contribution in [2.45, 2.75) is 65.1 Å². The van der Waals surface area contributed by atoms with Gasteiger partial charge in [-0.2, -0.15) is 0 Å². The predicted molar refractivity (Wildman–Crippen MR) is 113 cm³/mol. The van der Waals surface area contributed by atoms with Gasteiger partial charge in [-0.15, -0.1) is 0 Å². The number of rotatable bonds is 9. The summed E-state index contributed by atoms with van der Waals surface area (Å²) in [6.07, 6.45) is 3.83. The molecule has 0 saturated carbocycles. The van der Waals surface area contributed by atoms with Crippen LogP contribution in [0, 0.1) is 11.7 Å². The fraction of sp³-hybridized carbons (Fsp3) is 0.636. The molecule has 1 aliphatic rings.